The standard InChI is InChI=1S/C23H25N3O2S/c1-3-6-20-17(4-2)14-21(29-20)23(28)25-15-16-7-5-8-19(13-16)26-22(27)18-9-11-24-12-10-18/h5,7-14H,3-4,6,15H2,1-2H3,(H,25,28)(H,26,27). The maximum absolute atomic E-state index is 12.6. The molecule has 3 aromatic rings. The molecule has 2 amide bonds. The number of aromatic nitrogens is 1. The molecule has 0 aliphatic carbocycles. The fraction of sp³-hybridized carbons (Fsp3) is 0.261. The van der Waals surface area contributed by atoms with Crippen LogP contribution in [0.4, 0.5) is 5.69 Å². The molecule has 0 radical (unpaired) electrons. The van der Waals surface area contributed by atoms with E-state index in [4.69, 9.17) is 0 Å². The van der Waals surface area contributed by atoms with Gasteiger partial charge in [-0.15, -0.1) is 11.3 Å². The third-order valence-electron chi connectivity index (χ3n) is 4.56. The number of benzene rings is 1. The number of thiophene rings is 1. The number of nitrogens with zero attached hydrogens (tertiary/aromatic N) is 1. The summed E-state index contributed by atoms with van der Waals surface area (Å²) in [5, 5.41) is 5.86. The fourth-order valence-electron chi connectivity index (χ4n) is 3.05. The third kappa shape index (κ3) is 5.51. The predicted octanol–water partition coefficient (Wildman–Crippen LogP) is 4.84. The molecule has 3 rings (SSSR count). The first-order valence-corrected chi connectivity index (χ1v) is 10.6. The number of aryl methyl sites for hydroxylation is 2. The maximum atomic E-state index is 12.6. The number of pyridine rings is 1. The van der Waals surface area contributed by atoms with Crippen LogP contribution in [0.25, 0.3) is 0 Å². The molecule has 0 atom stereocenters. The summed E-state index contributed by atoms with van der Waals surface area (Å²) in [4.78, 5) is 30.8. The van der Waals surface area contributed by atoms with Crippen molar-refractivity contribution in [3.05, 3.63) is 81.3 Å². The Hall–Kier alpha value is -2.99. The van der Waals surface area contributed by atoms with Crippen LogP contribution in [0.5, 0.6) is 0 Å². The molecule has 0 spiro atoms. The van der Waals surface area contributed by atoms with E-state index in [1.165, 1.54) is 10.4 Å². The monoisotopic (exact) mass is 407 g/mol. The largest absolute Gasteiger partial charge is 0.347 e. The van der Waals surface area contributed by atoms with Gasteiger partial charge in [-0.3, -0.25) is 14.6 Å². The van der Waals surface area contributed by atoms with Crippen LogP contribution in [0.2, 0.25) is 0 Å². The lowest BCUT2D eigenvalue weighted by Gasteiger charge is -2.08. The predicted molar refractivity (Wildman–Crippen MR) is 117 cm³/mol. The first-order valence-electron chi connectivity index (χ1n) is 9.80. The van der Waals surface area contributed by atoms with E-state index >= 15 is 0 Å². The lowest BCUT2D eigenvalue weighted by atomic mass is 10.1. The van der Waals surface area contributed by atoms with Gasteiger partial charge in [0.05, 0.1) is 4.88 Å². The lowest BCUT2D eigenvalue weighted by molar-refractivity contribution is 0.0954. The SMILES string of the molecule is CCCc1sc(C(=O)NCc2cccc(NC(=O)c3ccncc3)c2)cc1CC. The molecular weight excluding hydrogens is 382 g/mol. The summed E-state index contributed by atoms with van der Waals surface area (Å²) in [6, 6.07) is 12.8. The highest BCUT2D eigenvalue weighted by Crippen LogP contribution is 2.24. The summed E-state index contributed by atoms with van der Waals surface area (Å²) < 4.78 is 0. The first-order chi connectivity index (χ1) is 14.1. The average Bonchev–Trinajstić information content (AvgIpc) is 3.16. The van der Waals surface area contributed by atoms with Crippen LogP contribution in [0, 0.1) is 0 Å². The van der Waals surface area contributed by atoms with Gasteiger partial charge < -0.3 is 10.6 Å². The van der Waals surface area contributed by atoms with Gasteiger partial charge in [-0.2, -0.15) is 0 Å². The molecule has 0 fully saturated rings. The van der Waals surface area contributed by atoms with Crippen LogP contribution < -0.4 is 10.6 Å². The van der Waals surface area contributed by atoms with Gasteiger partial charge in [-0.1, -0.05) is 32.4 Å². The van der Waals surface area contributed by atoms with Crippen LogP contribution in [0.1, 0.15) is 56.3 Å². The number of hydrogen-bond donors (Lipinski definition) is 2. The van der Waals surface area contributed by atoms with Gasteiger partial charge in [-0.05, 0) is 54.3 Å². The summed E-state index contributed by atoms with van der Waals surface area (Å²) in [6.45, 7) is 4.67. The summed E-state index contributed by atoms with van der Waals surface area (Å²) in [7, 11) is 0. The topological polar surface area (TPSA) is 71.1 Å². The Balaban J connectivity index is 1.62. The van der Waals surface area contributed by atoms with Crippen LogP contribution in [-0.2, 0) is 19.4 Å². The second-order valence-electron chi connectivity index (χ2n) is 6.74. The fourth-order valence-corrected chi connectivity index (χ4v) is 4.32. The third-order valence-corrected chi connectivity index (χ3v) is 5.79. The Kier molecular flexibility index (Phi) is 7.14. The number of anilines is 1. The van der Waals surface area contributed by atoms with Crippen LogP contribution in [-0.4, -0.2) is 16.8 Å². The van der Waals surface area contributed by atoms with Crippen molar-refractivity contribution in [2.24, 2.45) is 0 Å². The van der Waals surface area contributed by atoms with E-state index < -0.39 is 0 Å². The highest BCUT2D eigenvalue weighted by Gasteiger charge is 2.13. The molecule has 0 aliphatic rings. The van der Waals surface area contributed by atoms with E-state index in [0.717, 1.165) is 29.7 Å². The Morgan fingerprint density at radius 3 is 2.55 bits per heavy atom. The molecule has 0 saturated carbocycles. The molecule has 0 unspecified atom stereocenters. The number of rotatable bonds is 8. The average molecular weight is 408 g/mol. The van der Waals surface area contributed by atoms with Gasteiger partial charge in [0.25, 0.3) is 11.8 Å². The highest BCUT2D eigenvalue weighted by atomic mass is 32.1. The summed E-state index contributed by atoms with van der Waals surface area (Å²) in [6.07, 6.45) is 6.20. The molecule has 150 valence electrons. The molecule has 0 saturated heterocycles. The molecule has 5 nitrogen and oxygen atoms in total. The van der Waals surface area contributed by atoms with Crippen LogP contribution >= 0.6 is 11.3 Å². The molecule has 1 aromatic carbocycles. The number of nitrogens with one attached hydrogen (secondary N) is 2. The lowest BCUT2D eigenvalue weighted by Crippen LogP contribution is -2.22. The Labute approximate surface area is 175 Å². The minimum Gasteiger partial charge on any atom is -0.347 e. The number of carbonyl (C=O) groups excluding carboxylic acids is 2. The molecule has 29 heavy (non-hydrogen) atoms. The quantitative estimate of drug-likeness (QED) is 0.561. The van der Waals surface area contributed by atoms with E-state index in [2.05, 4.69) is 29.5 Å². The highest BCUT2D eigenvalue weighted by molar-refractivity contribution is 7.14. The van der Waals surface area contributed by atoms with E-state index in [0.29, 0.717) is 17.8 Å². The number of amides is 2. The van der Waals surface area contributed by atoms with Gasteiger partial charge in [-0.25, -0.2) is 0 Å². The Morgan fingerprint density at radius 2 is 1.83 bits per heavy atom. The number of hydrogen-bond acceptors (Lipinski definition) is 4. The molecule has 0 bridgehead atoms. The molecule has 2 aromatic heterocycles. The van der Waals surface area contributed by atoms with Crippen molar-refractivity contribution in [1.29, 1.82) is 0 Å². The summed E-state index contributed by atoms with van der Waals surface area (Å²) >= 11 is 1.59. The van der Waals surface area contributed by atoms with E-state index in [1.807, 2.05) is 30.3 Å². The minimum atomic E-state index is -0.192. The normalized spacial score (nSPS) is 10.6. The van der Waals surface area contributed by atoms with E-state index in [1.54, 1.807) is 35.9 Å². The van der Waals surface area contributed by atoms with Crippen molar-refractivity contribution >= 4 is 28.8 Å². The van der Waals surface area contributed by atoms with Crippen molar-refractivity contribution < 1.29 is 9.59 Å². The zero-order valence-corrected chi connectivity index (χ0v) is 17.5. The second kappa shape index (κ2) is 9.98. The minimum absolute atomic E-state index is 0.0572. The van der Waals surface area contributed by atoms with Crippen molar-refractivity contribution in [3.63, 3.8) is 0 Å². The Morgan fingerprint density at radius 1 is 1.03 bits per heavy atom. The molecular formula is C23H25N3O2S. The maximum Gasteiger partial charge on any atom is 0.261 e. The molecule has 0 aliphatic heterocycles. The molecule has 2 heterocycles. The summed E-state index contributed by atoms with van der Waals surface area (Å²) in [5.41, 5.74) is 3.42. The second-order valence-corrected chi connectivity index (χ2v) is 7.87. The van der Waals surface area contributed by atoms with Gasteiger partial charge in [0.2, 0.25) is 0 Å². The first kappa shape index (κ1) is 20.7. The van der Waals surface area contributed by atoms with Crippen molar-refractivity contribution in [1.82, 2.24) is 10.3 Å². The van der Waals surface area contributed by atoms with Crippen molar-refractivity contribution in [2.45, 2.75) is 39.7 Å². The van der Waals surface area contributed by atoms with E-state index in [-0.39, 0.29) is 11.8 Å². The van der Waals surface area contributed by atoms with E-state index in [9.17, 15) is 9.59 Å². The number of carbonyl (C=O) groups is 2. The van der Waals surface area contributed by atoms with Crippen molar-refractivity contribution in [3.8, 4) is 0 Å². The van der Waals surface area contributed by atoms with Gasteiger partial charge >= 0.3 is 0 Å². The van der Waals surface area contributed by atoms with Crippen LogP contribution in [0.3, 0.4) is 0 Å². The molecule has 6 heteroatoms. The smallest absolute Gasteiger partial charge is 0.261 e. The van der Waals surface area contributed by atoms with Gasteiger partial charge in [0.1, 0.15) is 0 Å². The van der Waals surface area contributed by atoms with Crippen molar-refractivity contribution in [2.75, 3.05) is 5.32 Å². The molecule has 2 N–H and O–H groups in total. The van der Waals surface area contributed by atoms with Gasteiger partial charge in [0.15, 0.2) is 0 Å². The zero-order valence-electron chi connectivity index (χ0n) is 16.7. The Bertz CT molecular complexity index is 983. The summed E-state index contributed by atoms with van der Waals surface area (Å²) in [5.74, 6) is -0.249. The van der Waals surface area contributed by atoms with Gasteiger partial charge in [0, 0.05) is 35.1 Å². The van der Waals surface area contributed by atoms with Crippen LogP contribution in [0.15, 0.2) is 54.9 Å². The zero-order chi connectivity index (χ0) is 20.6.